The first-order chi connectivity index (χ1) is 4.54. The van der Waals surface area contributed by atoms with Crippen LogP contribution in [0.15, 0.2) is 0 Å². The number of carboxylic acids is 1. The Balaban J connectivity index is 3.49. The summed E-state index contributed by atoms with van der Waals surface area (Å²) in [4.78, 5) is 10.1. The second-order valence-corrected chi connectivity index (χ2v) is 4.27. The van der Waals surface area contributed by atoms with Crippen LogP contribution in [-0.2, 0) is 4.79 Å². The molecule has 0 radical (unpaired) electrons. The van der Waals surface area contributed by atoms with Gasteiger partial charge in [-0.1, -0.05) is 12.2 Å². The zero-order chi connectivity index (χ0) is 8.15. The fourth-order valence-corrected chi connectivity index (χ4v) is 1.12. The lowest BCUT2D eigenvalue weighted by atomic mass is 10.4. The van der Waals surface area contributed by atoms with Crippen LogP contribution in [0.3, 0.4) is 0 Å². The van der Waals surface area contributed by atoms with Crippen molar-refractivity contribution in [2.45, 2.75) is 6.04 Å². The van der Waals surface area contributed by atoms with E-state index in [4.69, 9.17) is 10.8 Å². The average Bonchev–Trinajstić information content (AvgIpc) is 1.82. The highest BCUT2D eigenvalue weighted by Gasteiger charge is 2.10. The molecule has 0 aromatic heterocycles. The van der Waals surface area contributed by atoms with E-state index in [9.17, 15) is 4.79 Å². The van der Waals surface area contributed by atoms with Crippen LogP contribution in [0.5, 0.6) is 0 Å². The van der Waals surface area contributed by atoms with Crippen molar-refractivity contribution in [1.29, 1.82) is 0 Å². The third kappa shape index (κ3) is 5.04. The molecule has 0 rings (SSSR count). The number of hydrogen-bond acceptors (Lipinski definition) is 4. The van der Waals surface area contributed by atoms with Crippen molar-refractivity contribution in [3.8, 4) is 0 Å². The van der Waals surface area contributed by atoms with Crippen LogP contribution < -0.4 is 5.73 Å². The standard InChI is InChI=1S/C4H7NO2S3/c5-2(3(6)7)1-10-4(8)9/h2H,1,5H2,(H,6,7)(H,8,9). The van der Waals surface area contributed by atoms with Crippen LogP contribution >= 0.6 is 36.6 Å². The van der Waals surface area contributed by atoms with Crippen molar-refractivity contribution in [3.05, 3.63) is 0 Å². The monoisotopic (exact) mass is 197 g/mol. The molecule has 0 aliphatic rings. The molecule has 1 atom stereocenters. The fourth-order valence-electron chi connectivity index (χ4n) is 0.232. The molecule has 0 amide bonds. The summed E-state index contributed by atoms with van der Waals surface area (Å²) in [7, 11) is 0. The van der Waals surface area contributed by atoms with Crippen LogP contribution in [0.4, 0.5) is 0 Å². The maximum absolute atomic E-state index is 10.1. The number of nitrogens with two attached hydrogens (primary N) is 1. The molecule has 0 spiro atoms. The predicted octanol–water partition coefficient (Wildman–Crippen LogP) is 0.346. The molecule has 0 heterocycles. The lowest BCUT2D eigenvalue weighted by molar-refractivity contribution is -0.137. The van der Waals surface area contributed by atoms with Gasteiger partial charge in [0, 0.05) is 5.75 Å². The highest BCUT2D eigenvalue weighted by Crippen LogP contribution is 2.07. The second-order valence-electron chi connectivity index (χ2n) is 1.52. The lowest BCUT2D eigenvalue weighted by Crippen LogP contribution is -2.32. The highest BCUT2D eigenvalue weighted by molar-refractivity contribution is 8.41. The molecular weight excluding hydrogens is 190 g/mol. The molecule has 1 unspecified atom stereocenters. The summed E-state index contributed by atoms with van der Waals surface area (Å²) < 4.78 is 0.414. The number of thiocarbonyl (C=S) groups is 1. The van der Waals surface area contributed by atoms with Gasteiger partial charge in [-0.15, -0.1) is 24.4 Å². The van der Waals surface area contributed by atoms with Crippen molar-refractivity contribution in [2.24, 2.45) is 5.73 Å². The molecular formula is C4H7NO2S3. The van der Waals surface area contributed by atoms with Gasteiger partial charge in [0.2, 0.25) is 0 Å². The van der Waals surface area contributed by atoms with Gasteiger partial charge < -0.3 is 10.8 Å². The fraction of sp³-hybridized carbons (Fsp3) is 0.500. The summed E-state index contributed by atoms with van der Waals surface area (Å²) in [6.45, 7) is 0. The van der Waals surface area contributed by atoms with E-state index in [0.29, 0.717) is 3.53 Å². The molecule has 10 heavy (non-hydrogen) atoms. The molecule has 0 bridgehead atoms. The molecule has 0 saturated heterocycles. The number of hydrogen-bond donors (Lipinski definition) is 3. The van der Waals surface area contributed by atoms with Gasteiger partial charge in [0.15, 0.2) is 0 Å². The minimum absolute atomic E-state index is 0.275. The Morgan fingerprint density at radius 1 is 1.90 bits per heavy atom. The summed E-state index contributed by atoms with van der Waals surface area (Å²) >= 11 is 9.52. The van der Waals surface area contributed by atoms with Gasteiger partial charge in [-0.2, -0.15) is 0 Å². The first-order valence-electron chi connectivity index (χ1n) is 2.38. The minimum Gasteiger partial charge on any atom is -0.480 e. The van der Waals surface area contributed by atoms with Crippen LogP contribution in [0.2, 0.25) is 0 Å². The Labute approximate surface area is 73.8 Å². The SMILES string of the molecule is NC(CSC(=S)S)C(=O)O. The van der Waals surface area contributed by atoms with Gasteiger partial charge in [-0.3, -0.25) is 4.79 Å². The van der Waals surface area contributed by atoms with E-state index in [0.717, 1.165) is 11.8 Å². The Bertz CT molecular complexity index is 149. The maximum atomic E-state index is 10.1. The minimum atomic E-state index is -1.02. The van der Waals surface area contributed by atoms with E-state index in [-0.39, 0.29) is 5.75 Å². The van der Waals surface area contributed by atoms with E-state index in [1.807, 2.05) is 0 Å². The van der Waals surface area contributed by atoms with Gasteiger partial charge in [0.25, 0.3) is 0 Å². The Kier molecular flexibility index (Phi) is 5.06. The van der Waals surface area contributed by atoms with E-state index in [2.05, 4.69) is 24.8 Å². The first-order valence-corrected chi connectivity index (χ1v) is 4.22. The zero-order valence-electron chi connectivity index (χ0n) is 4.98. The normalized spacial score (nSPS) is 12.6. The van der Waals surface area contributed by atoms with Crippen molar-refractivity contribution in [1.82, 2.24) is 0 Å². The van der Waals surface area contributed by atoms with Crippen molar-refractivity contribution in [2.75, 3.05) is 5.75 Å². The van der Waals surface area contributed by atoms with E-state index in [1.54, 1.807) is 0 Å². The molecule has 0 aliphatic carbocycles. The van der Waals surface area contributed by atoms with Gasteiger partial charge in [0.05, 0.1) is 0 Å². The van der Waals surface area contributed by atoms with Crippen molar-refractivity contribution >= 4 is 46.1 Å². The zero-order valence-corrected chi connectivity index (χ0v) is 7.51. The molecule has 0 aromatic carbocycles. The molecule has 58 valence electrons. The number of aliphatic carboxylic acids is 1. The van der Waals surface area contributed by atoms with Crippen LogP contribution in [0, 0.1) is 0 Å². The largest absolute Gasteiger partial charge is 0.480 e. The van der Waals surface area contributed by atoms with Gasteiger partial charge in [-0.25, -0.2) is 0 Å². The maximum Gasteiger partial charge on any atom is 0.321 e. The first kappa shape index (κ1) is 10.2. The topological polar surface area (TPSA) is 63.3 Å². The van der Waals surface area contributed by atoms with E-state index in [1.165, 1.54) is 0 Å². The number of thiol groups is 1. The molecule has 0 saturated carbocycles. The Hall–Kier alpha value is 0.220. The lowest BCUT2D eigenvalue weighted by Gasteiger charge is -2.02. The third-order valence-corrected chi connectivity index (χ3v) is 2.22. The summed E-state index contributed by atoms with van der Waals surface area (Å²) in [6.07, 6.45) is 0. The van der Waals surface area contributed by atoms with E-state index >= 15 is 0 Å². The van der Waals surface area contributed by atoms with Crippen LogP contribution in [0.1, 0.15) is 0 Å². The van der Waals surface area contributed by atoms with Crippen LogP contribution in [-0.4, -0.2) is 26.4 Å². The summed E-state index contributed by atoms with van der Waals surface area (Å²) in [5.74, 6) is -0.741. The molecule has 0 aliphatic heterocycles. The van der Waals surface area contributed by atoms with Gasteiger partial charge in [0.1, 0.15) is 9.57 Å². The number of thioether (sulfide) groups is 1. The number of carbonyl (C=O) groups is 1. The number of rotatable bonds is 3. The smallest absolute Gasteiger partial charge is 0.321 e. The summed E-state index contributed by atoms with van der Waals surface area (Å²) in [5.41, 5.74) is 5.15. The molecule has 0 aromatic rings. The van der Waals surface area contributed by atoms with E-state index < -0.39 is 12.0 Å². The van der Waals surface area contributed by atoms with Crippen molar-refractivity contribution in [3.63, 3.8) is 0 Å². The van der Waals surface area contributed by atoms with Crippen LogP contribution in [0.25, 0.3) is 0 Å². The number of carboxylic acid groups (broad SMARTS) is 1. The third-order valence-electron chi connectivity index (χ3n) is 0.704. The Morgan fingerprint density at radius 2 is 2.40 bits per heavy atom. The average molecular weight is 197 g/mol. The molecule has 3 nitrogen and oxygen atoms in total. The predicted molar refractivity (Wildman–Crippen MR) is 49.7 cm³/mol. The molecule has 0 fully saturated rings. The molecule has 6 heteroatoms. The van der Waals surface area contributed by atoms with Gasteiger partial charge in [-0.05, 0) is 0 Å². The highest BCUT2D eigenvalue weighted by atomic mass is 32.2. The van der Waals surface area contributed by atoms with Crippen molar-refractivity contribution < 1.29 is 9.90 Å². The quantitative estimate of drug-likeness (QED) is 0.450. The molecule has 3 N–H and O–H groups in total. The van der Waals surface area contributed by atoms with Gasteiger partial charge >= 0.3 is 5.97 Å². The second kappa shape index (κ2) is 4.95. The summed E-state index contributed by atoms with van der Waals surface area (Å²) in [6, 6.07) is -0.852. The summed E-state index contributed by atoms with van der Waals surface area (Å²) in [5, 5.41) is 8.29. The Morgan fingerprint density at radius 3 is 2.70 bits per heavy atom.